The molecule has 0 spiro atoms. The predicted molar refractivity (Wildman–Crippen MR) is 105 cm³/mol. The Labute approximate surface area is 161 Å². The van der Waals surface area contributed by atoms with Crippen LogP contribution in [0.25, 0.3) is 0 Å². The number of hydrogen-bond acceptors (Lipinski definition) is 4. The molecule has 1 aromatic rings. The van der Waals surface area contributed by atoms with Gasteiger partial charge in [0.1, 0.15) is 0 Å². The minimum atomic E-state index is -0.341. The van der Waals surface area contributed by atoms with E-state index in [1.165, 1.54) is 31.6 Å². The fraction of sp³-hybridized carbons (Fsp3) is 0.667. The second-order valence-corrected chi connectivity index (χ2v) is 8.25. The first kappa shape index (κ1) is 18.2. The standard InChI is InChI=1S/C21H29N5O/c1-4-5-8-21(23-24-21)9-10-22-20(27)18-13-15(2)26(16(18)3)19-14-25-11-6-17(19)7-12-25/h1,13,17,19H,5-12,14H2,2-3H3,(H,22,27). The van der Waals surface area contributed by atoms with E-state index in [9.17, 15) is 4.79 Å². The Bertz CT molecular complexity index is 788. The molecule has 0 saturated carbocycles. The molecule has 1 atom stereocenters. The number of carbonyl (C=O) groups is 1. The SMILES string of the molecule is C#CCCC1(CCNC(=O)c2cc(C)n(C3CN4CCC3CC4)c2C)N=N1. The van der Waals surface area contributed by atoms with E-state index in [1.807, 2.05) is 6.07 Å². The largest absolute Gasteiger partial charge is 0.352 e. The van der Waals surface area contributed by atoms with Crippen molar-refractivity contribution in [2.45, 2.75) is 57.7 Å². The van der Waals surface area contributed by atoms with Crippen molar-refractivity contribution in [3.05, 3.63) is 23.0 Å². The highest BCUT2D eigenvalue weighted by Crippen LogP contribution is 2.38. The van der Waals surface area contributed by atoms with E-state index in [2.05, 4.69) is 44.8 Å². The van der Waals surface area contributed by atoms with E-state index in [1.54, 1.807) is 0 Å². The number of nitrogens with one attached hydrogen (secondary N) is 1. The zero-order valence-electron chi connectivity index (χ0n) is 16.4. The molecule has 5 rings (SSSR count). The number of amides is 1. The van der Waals surface area contributed by atoms with Gasteiger partial charge in [0.05, 0.1) is 5.56 Å². The molecule has 27 heavy (non-hydrogen) atoms. The lowest BCUT2D eigenvalue weighted by molar-refractivity contribution is 0.0554. The Morgan fingerprint density at radius 3 is 2.67 bits per heavy atom. The van der Waals surface area contributed by atoms with E-state index >= 15 is 0 Å². The fourth-order valence-corrected chi connectivity index (χ4v) is 4.88. The van der Waals surface area contributed by atoms with Crippen LogP contribution < -0.4 is 5.32 Å². The Morgan fingerprint density at radius 1 is 1.33 bits per heavy atom. The molecule has 6 nitrogen and oxygen atoms in total. The summed E-state index contributed by atoms with van der Waals surface area (Å²) in [6, 6.07) is 2.55. The van der Waals surface area contributed by atoms with Gasteiger partial charge in [0.2, 0.25) is 0 Å². The molecule has 0 aliphatic carbocycles. The van der Waals surface area contributed by atoms with Gasteiger partial charge in [-0.2, -0.15) is 10.2 Å². The van der Waals surface area contributed by atoms with Crippen LogP contribution in [0.4, 0.5) is 0 Å². The lowest BCUT2D eigenvalue weighted by atomic mass is 9.83. The average Bonchev–Trinajstić information content (AvgIpc) is 3.38. The summed E-state index contributed by atoms with van der Waals surface area (Å²) in [7, 11) is 0. The monoisotopic (exact) mass is 367 g/mol. The van der Waals surface area contributed by atoms with Gasteiger partial charge in [-0.3, -0.25) is 4.79 Å². The van der Waals surface area contributed by atoms with E-state index < -0.39 is 0 Å². The van der Waals surface area contributed by atoms with Gasteiger partial charge in [-0.15, -0.1) is 12.3 Å². The molecular formula is C21H29N5O. The van der Waals surface area contributed by atoms with Crippen LogP contribution in [0.15, 0.2) is 16.3 Å². The van der Waals surface area contributed by atoms with Crippen LogP contribution in [0, 0.1) is 32.1 Å². The lowest BCUT2D eigenvalue weighted by Crippen LogP contribution is -2.48. The summed E-state index contributed by atoms with van der Waals surface area (Å²) in [5, 5.41) is 11.3. The Kier molecular flexibility index (Phi) is 4.81. The molecule has 1 aromatic heterocycles. The van der Waals surface area contributed by atoms with Gasteiger partial charge in [-0.05, 0) is 51.8 Å². The van der Waals surface area contributed by atoms with Gasteiger partial charge in [0.25, 0.3) is 5.91 Å². The first-order valence-corrected chi connectivity index (χ1v) is 10.1. The van der Waals surface area contributed by atoms with Gasteiger partial charge in [0.15, 0.2) is 5.66 Å². The topological polar surface area (TPSA) is 62.0 Å². The number of carbonyl (C=O) groups excluding carboxylic acids is 1. The van der Waals surface area contributed by atoms with E-state index in [-0.39, 0.29) is 11.6 Å². The number of aromatic nitrogens is 1. The Hall–Kier alpha value is -2.13. The van der Waals surface area contributed by atoms with Crippen molar-refractivity contribution in [2.24, 2.45) is 16.1 Å². The number of fused-ring (bicyclic) bond motifs is 3. The molecular weight excluding hydrogens is 338 g/mol. The molecule has 1 amide bonds. The van der Waals surface area contributed by atoms with Crippen LogP contribution in [-0.4, -0.2) is 47.2 Å². The zero-order valence-corrected chi connectivity index (χ0v) is 16.4. The van der Waals surface area contributed by atoms with Crippen molar-refractivity contribution in [2.75, 3.05) is 26.2 Å². The van der Waals surface area contributed by atoms with Crippen LogP contribution in [0.1, 0.15) is 59.9 Å². The number of hydrogen-bond donors (Lipinski definition) is 1. The van der Waals surface area contributed by atoms with Gasteiger partial charge in [0, 0.05) is 49.8 Å². The van der Waals surface area contributed by atoms with Crippen LogP contribution >= 0.6 is 0 Å². The maximum absolute atomic E-state index is 12.8. The quantitative estimate of drug-likeness (QED) is 0.753. The first-order chi connectivity index (χ1) is 13.0. The molecule has 5 heterocycles. The minimum absolute atomic E-state index is 0.00312. The van der Waals surface area contributed by atoms with Crippen molar-refractivity contribution in [3.63, 3.8) is 0 Å². The van der Waals surface area contributed by atoms with Crippen molar-refractivity contribution < 1.29 is 4.79 Å². The highest BCUT2D eigenvalue weighted by atomic mass is 16.1. The molecule has 3 fully saturated rings. The van der Waals surface area contributed by atoms with Crippen molar-refractivity contribution >= 4 is 5.91 Å². The van der Waals surface area contributed by atoms with Crippen LogP contribution in [0.3, 0.4) is 0 Å². The molecule has 1 unspecified atom stereocenters. The second kappa shape index (κ2) is 7.12. The summed E-state index contributed by atoms with van der Waals surface area (Å²) in [5.74, 6) is 3.38. The van der Waals surface area contributed by atoms with Gasteiger partial charge >= 0.3 is 0 Å². The number of aryl methyl sites for hydroxylation is 1. The zero-order chi connectivity index (χ0) is 19.0. The smallest absolute Gasteiger partial charge is 0.253 e. The van der Waals surface area contributed by atoms with E-state index in [0.29, 0.717) is 19.0 Å². The Balaban J connectivity index is 1.39. The van der Waals surface area contributed by atoms with Gasteiger partial charge in [-0.1, -0.05) is 0 Å². The number of nitrogens with zero attached hydrogens (tertiary/aromatic N) is 4. The maximum atomic E-state index is 12.8. The predicted octanol–water partition coefficient (Wildman–Crippen LogP) is 3.07. The van der Waals surface area contributed by atoms with Crippen LogP contribution in [0.2, 0.25) is 0 Å². The number of rotatable bonds is 7. The third-order valence-electron chi connectivity index (χ3n) is 6.55. The summed E-state index contributed by atoms with van der Waals surface area (Å²) < 4.78 is 2.41. The fourth-order valence-electron chi connectivity index (χ4n) is 4.88. The van der Waals surface area contributed by atoms with Crippen molar-refractivity contribution in [1.29, 1.82) is 0 Å². The maximum Gasteiger partial charge on any atom is 0.253 e. The first-order valence-electron chi connectivity index (χ1n) is 10.1. The van der Waals surface area contributed by atoms with Crippen molar-refractivity contribution in [3.8, 4) is 12.3 Å². The van der Waals surface area contributed by atoms with Crippen LogP contribution in [-0.2, 0) is 0 Å². The summed E-state index contributed by atoms with van der Waals surface area (Å²) in [6.45, 7) is 8.34. The molecule has 3 saturated heterocycles. The highest BCUT2D eigenvalue weighted by molar-refractivity contribution is 5.95. The summed E-state index contributed by atoms with van der Waals surface area (Å²) in [5.41, 5.74) is 2.73. The van der Waals surface area contributed by atoms with E-state index in [0.717, 1.165) is 36.6 Å². The van der Waals surface area contributed by atoms with Crippen molar-refractivity contribution in [1.82, 2.24) is 14.8 Å². The van der Waals surface area contributed by atoms with E-state index in [4.69, 9.17) is 6.42 Å². The second-order valence-electron chi connectivity index (χ2n) is 8.25. The molecule has 2 bridgehead atoms. The molecule has 1 N–H and O–H groups in total. The summed E-state index contributed by atoms with van der Waals surface area (Å²) in [4.78, 5) is 15.3. The lowest BCUT2D eigenvalue weighted by Gasteiger charge is -2.46. The third kappa shape index (κ3) is 3.53. The minimum Gasteiger partial charge on any atom is -0.352 e. The average molecular weight is 367 g/mol. The molecule has 6 heteroatoms. The number of piperidine rings is 3. The normalized spacial score (nSPS) is 27.4. The summed E-state index contributed by atoms with van der Waals surface area (Å²) in [6.07, 6.45) is 10.0. The molecule has 4 aliphatic heterocycles. The summed E-state index contributed by atoms with van der Waals surface area (Å²) >= 11 is 0. The number of terminal acetylenes is 1. The Morgan fingerprint density at radius 2 is 2.07 bits per heavy atom. The van der Waals surface area contributed by atoms with Crippen LogP contribution in [0.5, 0.6) is 0 Å². The molecule has 4 aliphatic rings. The third-order valence-corrected chi connectivity index (χ3v) is 6.55. The molecule has 0 aromatic carbocycles. The van der Waals surface area contributed by atoms with Gasteiger partial charge < -0.3 is 14.8 Å². The molecule has 0 radical (unpaired) electrons. The highest BCUT2D eigenvalue weighted by Gasteiger charge is 2.39. The molecule has 144 valence electrons. The van der Waals surface area contributed by atoms with Gasteiger partial charge in [-0.25, -0.2) is 0 Å².